The normalized spacial score (nSPS) is 17.2. The number of nitrogens with zero attached hydrogens (tertiary/aromatic N) is 4. The third-order valence-corrected chi connectivity index (χ3v) is 6.61. The van der Waals surface area contributed by atoms with Crippen molar-refractivity contribution in [2.45, 2.75) is 11.6 Å². The molecule has 0 N–H and O–H groups in total. The van der Waals surface area contributed by atoms with Gasteiger partial charge in [0.05, 0.1) is 6.67 Å². The van der Waals surface area contributed by atoms with Crippen LogP contribution in [0, 0.1) is 10.6 Å². The van der Waals surface area contributed by atoms with Crippen molar-refractivity contribution in [3.63, 3.8) is 0 Å². The molecule has 130 valence electrons. The summed E-state index contributed by atoms with van der Waals surface area (Å²) in [4.78, 5) is 1.87. The van der Waals surface area contributed by atoms with E-state index in [2.05, 4.69) is 4.90 Å². The first-order valence-corrected chi connectivity index (χ1v) is 9.43. The van der Waals surface area contributed by atoms with Crippen molar-refractivity contribution in [3.8, 4) is 0 Å². The molecule has 2 heterocycles. The molecule has 0 bridgehead atoms. The highest BCUT2D eigenvalue weighted by molar-refractivity contribution is 7.89. The standard InChI is InChI=1S/C15H19FN4O2S2/c1-17-6-9-19(15(17)23)12-18-7-10-20(11-8-18)24(21,22)14-5-3-2-4-13(14)16/h2-6,9H,7-8,10-12H2,1H3. The zero-order valence-electron chi connectivity index (χ0n) is 13.3. The predicted molar refractivity (Wildman–Crippen MR) is 91.0 cm³/mol. The molecule has 24 heavy (non-hydrogen) atoms. The molecule has 1 aromatic heterocycles. The fourth-order valence-corrected chi connectivity index (χ4v) is 4.40. The van der Waals surface area contributed by atoms with E-state index in [-0.39, 0.29) is 4.90 Å². The zero-order chi connectivity index (χ0) is 17.3. The quantitative estimate of drug-likeness (QED) is 0.768. The lowest BCUT2D eigenvalue weighted by Crippen LogP contribution is -2.48. The van der Waals surface area contributed by atoms with Gasteiger partial charge in [-0.05, 0) is 24.4 Å². The van der Waals surface area contributed by atoms with Crippen LogP contribution in [0.5, 0.6) is 0 Å². The van der Waals surface area contributed by atoms with Crippen LogP contribution in [0.4, 0.5) is 4.39 Å². The average molecular weight is 370 g/mol. The van der Waals surface area contributed by atoms with Crippen LogP contribution in [0.15, 0.2) is 41.6 Å². The molecule has 0 radical (unpaired) electrons. The molecular weight excluding hydrogens is 351 g/mol. The Balaban J connectivity index is 1.68. The van der Waals surface area contributed by atoms with Crippen molar-refractivity contribution in [1.29, 1.82) is 0 Å². The Morgan fingerprint density at radius 1 is 1.12 bits per heavy atom. The largest absolute Gasteiger partial charge is 0.327 e. The van der Waals surface area contributed by atoms with E-state index in [0.29, 0.717) is 32.8 Å². The van der Waals surface area contributed by atoms with Gasteiger partial charge >= 0.3 is 0 Å². The maximum absolute atomic E-state index is 13.8. The molecule has 1 saturated heterocycles. The first-order chi connectivity index (χ1) is 11.4. The third kappa shape index (κ3) is 3.30. The summed E-state index contributed by atoms with van der Waals surface area (Å²) in [6.07, 6.45) is 3.80. The first kappa shape index (κ1) is 17.3. The van der Waals surface area contributed by atoms with Gasteiger partial charge in [0, 0.05) is 45.6 Å². The molecule has 6 nitrogen and oxygen atoms in total. The van der Waals surface area contributed by atoms with Gasteiger partial charge in [0.15, 0.2) is 4.77 Å². The van der Waals surface area contributed by atoms with Crippen molar-refractivity contribution in [2.24, 2.45) is 7.05 Å². The van der Waals surface area contributed by atoms with Crippen LogP contribution in [-0.4, -0.2) is 52.9 Å². The highest BCUT2D eigenvalue weighted by atomic mass is 32.2. The zero-order valence-corrected chi connectivity index (χ0v) is 14.9. The lowest BCUT2D eigenvalue weighted by molar-refractivity contribution is 0.151. The second-order valence-corrected chi connectivity index (χ2v) is 8.03. The highest BCUT2D eigenvalue weighted by Crippen LogP contribution is 2.20. The molecule has 1 fully saturated rings. The number of sulfonamides is 1. The molecule has 0 saturated carbocycles. The Kier molecular flexibility index (Phi) is 4.86. The summed E-state index contributed by atoms with van der Waals surface area (Å²) >= 11 is 5.31. The molecule has 0 atom stereocenters. The number of benzene rings is 1. The minimum atomic E-state index is -3.79. The topological polar surface area (TPSA) is 50.5 Å². The smallest absolute Gasteiger partial charge is 0.246 e. The van der Waals surface area contributed by atoms with Crippen molar-refractivity contribution < 1.29 is 12.8 Å². The van der Waals surface area contributed by atoms with E-state index < -0.39 is 15.8 Å². The van der Waals surface area contributed by atoms with E-state index >= 15 is 0 Å². The molecule has 3 rings (SSSR count). The summed E-state index contributed by atoms with van der Waals surface area (Å²) < 4.78 is 44.8. The summed E-state index contributed by atoms with van der Waals surface area (Å²) in [5.74, 6) is -0.712. The van der Waals surface area contributed by atoms with Crippen LogP contribution < -0.4 is 0 Å². The summed E-state index contributed by atoms with van der Waals surface area (Å²) in [6.45, 7) is 2.43. The number of imidazole rings is 1. The van der Waals surface area contributed by atoms with Crippen molar-refractivity contribution in [2.75, 3.05) is 26.2 Å². The number of aromatic nitrogens is 2. The molecule has 9 heteroatoms. The van der Waals surface area contributed by atoms with Crippen molar-refractivity contribution in [3.05, 3.63) is 47.2 Å². The lowest BCUT2D eigenvalue weighted by atomic mass is 10.3. The van der Waals surface area contributed by atoms with E-state index in [1.165, 1.54) is 28.6 Å². The van der Waals surface area contributed by atoms with Crippen LogP contribution >= 0.6 is 12.2 Å². The summed E-state index contributed by atoms with van der Waals surface area (Å²) in [7, 11) is -1.91. The Labute approximate surface area is 145 Å². The van der Waals surface area contributed by atoms with Gasteiger partial charge in [0.25, 0.3) is 0 Å². The number of halogens is 1. The van der Waals surface area contributed by atoms with Crippen LogP contribution in [-0.2, 0) is 23.7 Å². The number of rotatable bonds is 4. The lowest BCUT2D eigenvalue weighted by Gasteiger charge is -2.34. The van der Waals surface area contributed by atoms with Gasteiger partial charge in [0.1, 0.15) is 10.7 Å². The minimum Gasteiger partial charge on any atom is -0.327 e. The van der Waals surface area contributed by atoms with E-state index in [1.807, 2.05) is 28.6 Å². The van der Waals surface area contributed by atoms with Gasteiger partial charge in [-0.2, -0.15) is 4.31 Å². The molecule has 0 unspecified atom stereocenters. The Morgan fingerprint density at radius 3 is 2.38 bits per heavy atom. The molecule has 1 aliphatic rings. The minimum absolute atomic E-state index is 0.260. The van der Waals surface area contributed by atoms with E-state index in [0.717, 1.165) is 4.77 Å². The maximum atomic E-state index is 13.8. The van der Waals surface area contributed by atoms with Crippen molar-refractivity contribution in [1.82, 2.24) is 18.3 Å². The highest BCUT2D eigenvalue weighted by Gasteiger charge is 2.30. The average Bonchev–Trinajstić information content (AvgIpc) is 2.88. The fraction of sp³-hybridized carbons (Fsp3) is 0.400. The molecule has 0 amide bonds. The SMILES string of the molecule is Cn1ccn(CN2CCN(S(=O)(=O)c3ccccc3F)CC2)c1=S. The van der Waals surface area contributed by atoms with E-state index in [4.69, 9.17) is 12.2 Å². The van der Waals surface area contributed by atoms with Gasteiger partial charge in [-0.25, -0.2) is 12.8 Å². The maximum Gasteiger partial charge on any atom is 0.246 e. The molecule has 0 spiro atoms. The molecule has 0 aliphatic carbocycles. The Morgan fingerprint density at radius 2 is 1.79 bits per heavy atom. The summed E-state index contributed by atoms with van der Waals surface area (Å²) in [6, 6.07) is 5.49. The fourth-order valence-electron chi connectivity index (χ4n) is 2.74. The number of piperazine rings is 1. The third-order valence-electron chi connectivity index (χ3n) is 4.16. The first-order valence-electron chi connectivity index (χ1n) is 7.58. The predicted octanol–water partition coefficient (Wildman–Crippen LogP) is 1.66. The van der Waals surface area contributed by atoms with Gasteiger partial charge in [-0.3, -0.25) is 4.90 Å². The molecule has 1 aromatic carbocycles. The van der Waals surface area contributed by atoms with Gasteiger partial charge in [-0.1, -0.05) is 12.1 Å². The molecule has 1 aliphatic heterocycles. The van der Waals surface area contributed by atoms with Gasteiger partial charge in [-0.15, -0.1) is 0 Å². The van der Waals surface area contributed by atoms with Crippen LogP contribution in [0.25, 0.3) is 0 Å². The van der Waals surface area contributed by atoms with Crippen LogP contribution in [0.2, 0.25) is 0 Å². The van der Waals surface area contributed by atoms with Gasteiger partial charge < -0.3 is 9.13 Å². The summed E-state index contributed by atoms with van der Waals surface area (Å²) in [5.41, 5.74) is 0. The second kappa shape index (κ2) is 6.75. The molecule has 2 aromatic rings. The van der Waals surface area contributed by atoms with E-state index in [9.17, 15) is 12.8 Å². The Bertz CT molecular complexity index is 883. The number of aryl methyl sites for hydroxylation is 1. The monoisotopic (exact) mass is 370 g/mol. The van der Waals surface area contributed by atoms with Gasteiger partial charge in [0.2, 0.25) is 10.0 Å². The van der Waals surface area contributed by atoms with Crippen molar-refractivity contribution >= 4 is 22.2 Å². The summed E-state index contributed by atoms with van der Waals surface area (Å²) in [5, 5.41) is 0. The van der Waals surface area contributed by atoms with Crippen LogP contribution in [0.3, 0.4) is 0 Å². The van der Waals surface area contributed by atoms with Crippen LogP contribution in [0.1, 0.15) is 0 Å². The van der Waals surface area contributed by atoms with E-state index in [1.54, 1.807) is 0 Å². The second-order valence-electron chi connectivity index (χ2n) is 5.76. The number of hydrogen-bond donors (Lipinski definition) is 0. The Hall–Kier alpha value is -1.55. The molecular formula is C15H19FN4O2S2. The number of hydrogen-bond acceptors (Lipinski definition) is 4.